The third-order valence-corrected chi connectivity index (χ3v) is 5.08. The number of halogens is 4. The van der Waals surface area contributed by atoms with Crippen LogP contribution in [0.5, 0.6) is 0 Å². The van der Waals surface area contributed by atoms with Gasteiger partial charge in [-0.2, -0.15) is 13.2 Å². The molecule has 0 saturated carbocycles. The van der Waals surface area contributed by atoms with Crippen molar-refractivity contribution in [1.82, 2.24) is 14.5 Å². The molecule has 1 amide bonds. The molecule has 1 aliphatic rings. The predicted octanol–water partition coefficient (Wildman–Crippen LogP) is 3.68. The number of carbonyl (C=O) groups excluding carboxylic acids is 1. The molecule has 3 rings (SSSR count). The van der Waals surface area contributed by atoms with Crippen molar-refractivity contribution in [3.8, 4) is 0 Å². The second-order valence-electron chi connectivity index (χ2n) is 7.04. The van der Waals surface area contributed by atoms with Crippen LogP contribution in [0.4, 0.5) is 17.6 Å². The fourth-order valence-electron chi connectivity index (χ4n) is 3.47. The van der Waals surface area contributed by atoms with Crippen LogP contribution in [0.1, 0.15) is 40.5 Å². The Morgan fingerprint density at radius 1 is 1.23 bits per heavy atom. The third kappa shape index (κ3) is 5.17. The quantitative estimate of drug-likeness (QED) is 0.498. The summed E-state index contributed by atoms with van der Waals surface area (Å²) in [6.45, 7) is 1.86. The first-order chi connectivity index (χ1) is 14.3. The summed E-state index contributed by atoms with van der Waals surface area (Å²) in [6.07, 6.45) is -0.0246. The average Bonchev–Trinajstić information content (AvgIpc) is 3.19. The van der Waals surface area contributed by atoms with Gasteiger partial charge < -0.3 is 18.9 Å². The molecule has 1 aromatic carbocycles. The Labute approximate surface area is 171 Å². The Morgan fingerprint density at radius 3 is 2.63 bits per heavy atom. The molecule has 0 radical (unpaired) electrons. The van der Waals surface area contributed by atoms with Crippen molar-refractivity contribution in [2.45, 2.75) is 31.7 Å². The molecule has 0 unspecified atom stereocenters. The van der Waals surface area contributed by atoms with Crippen LogP contribution >= 0.6 is 0 Å². The summed E-state index contributed by atoms with van der Waals surface area (Å²) in [7, 11) is 1.59. The van der Waals surface area contributed by atoms with Crippen molar-refractivity contribution in [2.75, 3.05) is 33.4 Å². The highest BCUT2D eigenvalue weighted by Crippen LogP contribution is 2.32. The molecule has 10 heteroatoms. The molecule has 2 aromatic rings. The molecule has 0 N–H and O–H groups in total. The summed E-state index contributed by atoms with van der Waals surface area (Å²) in [5.41, 5.74) is -1.60. The summed E-state index contributed by atoms with van der Waals surface area (Å²) in [5.74, 6) is -0.798. The van der Waals surface area contributed by atoms with Gasteiger partial charge in [-0.15, -0.1) is 0 Å². The number of alkyl halides is 3. The first-order valence-electron chi connectivity index (χ1n) is 9.55. The van der Waals surface area contributed by atoms with E-state index in [9.17, 15) is 22.4 Å². The Kier molecular flexibility index (Phi) is 7.09. The molecule has 0 aliphatic carbocycles. The lowest BCUT2D eigenvalue weighted by molar-refractivity contribution is -0.137. The number of imidazole rings is 1. The number of hydrogen-bond donors (Lipinski definition) is 0. The van der Waals surface area contributed by atoms with E-state index in [0.717, 1.165) is 5.82 Å². The lowest BCUT2D eigenvalue weighted by atomic mass is 9.95. The topological polar surface area (TPSA) is 56.6 Å². The molecule has 1 fully saturated rings. The van der Waals surface area contributed by atoms with Crippen LogP contribution in [0, 0.1) is 5.82 Å². The summed E-state index contributed by atoms with van der Waals surface area (Å²) in [4.78, 5) is 18.4. The SMILES string of the molecule is COCCOCn1ccnc1C1CCN(C(=O)c2cc(C(F)(F)F)ccc2F)CC1. The molecule has 1 aliphatic heterocycles. The largest absolute Gasteiger partial charge is 0.416 e. The van der Waals surface area contributed by atoms with Crippen molar-refractivity contribution in [3.63, 3.8) is 0 Å². The molecule has 0 spiro atoms. The number of benzene rings is 1. The monoisotopic (exact) mass is 429 g/mol. The number of likely N-dealkylation sites (tertiary alicyclic amines) is 1. The van der Waals surface area contributed by atoms with E-state index in [0.29, 0.717) is 64.1 Å². The maximum Gasteiger partial charge on any atom is 0.416 e. The van der Waals surface area contributed by atoms with Crippen molar-refractivity contribution in [2.24, 2.45) is 0 Å². The first-order valence-corrected chi connectivity index (χ1v) is 9.55. The molecule has 164 valence electrons. The van der Waals surface area contributed by atoms with Gasteiger partial charge in [0.25, 0.3) is 5.91 Å². The van der Waals surface area contributed by atoms with E-state index in [1.54, 1.807) is 19.5 Å². The summed E-state index contributed by atoms with van der Waals surface area (Å²) in [6, 6.07) is 1.89. The van der Waals surface area contributed by atoms with Crippen LogP contribution in [-0.2, 0) is 22.4 Å². The van der Waals surface area contributed by atoms with Crippen LogP contribution in [0.15, 0.2) is 30.6 Å². The molecule has 1 aromatic heterocycles. The number of methoxy groups -OCH3 is 1. The highest BCUT2D eigenvalue weighted by molar-refractivity contribution is 5.94. The Balaban J connectivity index is 1.63. The van der Waals surface area contributed by atoms with Crippen LogP contribution in [-0.4, -0.2) is 53.8 Å². The normalized spacial score (nSPS) is 15.6. The van der Waals surface area contributed by atoms with Crippen molar-refractivity contribution >= 4 is 5.91 Å². The number of hydrogen-bond acceptors (Lipinski definition) is 4. The molecule has 2 heterocycles. The second kappa shape index (κ2) is 9.57. The smallest absolute Gasteiger partial charge is 0.382 e. The third-order valence-electron chi connectivity index (χ3n) is 5.08. The Bertz CT molecular complexity index is 861. The minimum atomic E-state index is -4.64. The zero-order chi connectivity index (χ0) is 21.7. The van der Waals surface area contributed by atoms with Gasteiger partial charge in [0, 0.05) is 38.5 Å². The fraction of sp³-hybridized carbons (Fsp3) is 0.500. The van der Waals surface area contributed by atoms with Gasteiger partial charge in [-0.1, -0.05) is 0 Å². The first kappa shape index (κ1) is 22.2. The van der Waals surface area contributed by atoms with Crippen molar-refractivity contribution in [3.05, 3.63) is 53.4 Å². The van der Waals surface area contributed by atoms with E-state index >= 15 is 0 Å². The Hall–Kier alpha value is -2.46. The number of carbonyl (C=O) groups is 1. The lowest BCUT2D eigenvalue weighted by Crippen LogP contribution is -2.39. The number of piperidine rings is 1. The zero-order valence-corrected chi connectivity index (χ0v) is 16.5. The lowest BCUT2D eigenvalue weighted by Gasteiger charge is -2.32. The van der Waals surface area contributed by atoms with Crippen LogP contribution in [0.25, 0.3) is 0 Å². The van der Waals surface area contributed by atoms with Gasteiger partial charge in [-0.25, -0.2) is 9.37 Å². The Morgan fingerprint density at radius 2 is 1.97 bits per heavy atom. The van der Waals surface area contributed by atoms with Gasteiger partial charge in [0.1, 0.15) is 18.4 Å². The minimum Gasteiger partial charge on any atom is -0.382 e. The molecule has 0 bridgehead atoms. The molecular weight excluding hydrogens is 406 g/mol. The van der Waals surface area contributed by atoms with E-state index in [1.807, 2.05) is 4.57 Å². The van der Waals surface area contributed by atoms with Crippen LogP contribution in [0.2, 0.25) is 0 Å². The van der Waals surface area contributed by atoms with Crippen molar-refractivity contribution < 1.29 is 31.8 Å². The number of rotatable bonds is 7. The second-order valence-corrected chi connectivity index (χ2v) is 7.04. The molecule has 0 atom stereocenters. The number of ether oxygens (including phenoxy) is 2. The molecular formula is C20H23F4N3O3. The highest BCUT2D eigenvalue weighted by atomic mass is 19.4. The van der Waals surface area contributed by atoms with E-state index < -0.39 is 29.0 Å². The zero-order valence-electron chi connectivity index (χ0n) is 16.5. The summed E-state index contributed by atoms with van der Waals surface area (Å²) >= 11 is 0. The predicted molar refractivity (Wildman–Crippen MR) is 99.3 cm³/mol. The van der Waals surface area contributed by atoms with Crippen LogP contribution in [0.3, 0.4) is 0 Å². The summed E-state index contributed by atoms with van der Waals surface area (Å²) in [5, 5.41) is 0. The van der Waals surface area contributed by atoms with E-state index in [4.69, 9.17) is 9.47 Å². The van der Waals surface area contributed by atoms with Crippen molar-refractivity contribution in [1.29, 1.82) is 0 Å². The van der Waals surface area contributed by atoms with Gasteiger partial charge in [-0.05, 0) is 31.0 Å². The van der Waals surface area contributed by atoms with Gasteiger partial charge >= 0.3 is 6.18 Å². The molecule has 1 saturated heterocycles. The molecule has 30 heavy (non-hydrogen) atoms. The maximum absolute atomic E-state index is 14.0. The number of nitrogens with zero attached hydrogens (tertiary/aromatic N) is 3. The average molecular weight is 429 g/mol. The number of aromatic nitrogens is 2. The van der Waals surface area contributed by atoms with Gasteiger partial charge in [0.15, 0.2) is 0 Å². The standard InChI is InChI=1S/C20H23F4N3O3/c1-29-10-11-30-13-27-9-6-25-18(27)14-4-7-26(8-5-14)19(28)16-12-15(20(22,23)24)2-3-17(16)21/h2-3,6,9,12,14H,4-5,7-8,10-11,13H2,1H3. The van der Waals surface area contributed by atoms with Gasteiger partial charge in [0.05, 0.1) is 24.3 Å². The molecule has 6 nitrogen and oxygen atoms in total. The van der Waals surface area contributed by atoms with E-state index in [1.165, 1.54) is 4.90 Å². The summed E-state index contributed by atoms with van der Waals surface area (Å²) < 4.78 is 65.1. The maximum atomic E-state index is 14.0. The number of amides is 1. The highest BCUT2D eigenvalue weighted by Gasteiger charge is 2.33. The minimum absolute atomic E-state index is 0.0708. The van der Waals surface area contributed by atoms with E-state index in [2.05, 4.69) is 4.98 Å². The van der Waals surface area contributed by atoms with Crippen LogP contribution < -0.4 is 0 Å². The van der Waals surface area contributed by atoms with E-state index in [-0.39, 0.29) is 5.92 Å². The van der Waals surface area contributed by atoms with Gasteiger partial charge in [-0.3, -0.25) is 4.79 Å². The van der Waals surface area contributed by atoms with Gasteiger partial charge in [0.2, 0.25) is 0 Å². The fourth-order valence-corrected chi connectivity index (χ4v) is 3.47.